The Morgan fingerprint density at radius 3 is 2.85 bits per heavy atom. The number of thioether (sulfide) groups is 1. The van der Waals surface area contributed by atoms with E-state index < -0.39 is 0 Å². The highest BCUT2D eigenvalue weighted by Crippen LogP contribution is 2.29. The van der Waals surface area contributed by atoms with Crippen molar-refractivity contribution < 1.29 is 9.53 Å². The zero-order valence-electron chi connectivity index (χ0n) is 14.7. The van der Waals surface area contributed by atoms with Gasteiger partial charge in [0, 0.05) is 17.3 Å². The lowest BCUT2D eigenvalue weighted by Gasteiger charge is -2.06. The molecule has 0 aliphatic heterocycles. The fourth-order valence-corrected chi connectivity index (χ4v) is 3.67. The van der Waals surface area contributed by atoms with Crippen LogP contribution in [-0.2, 0) is 0 Å². The maximum absolute atomic E-state index is 12.5. The molecule has 2 aromatic carbocycles. The Morgan fingerprint density at radius 2 is 2.00 bits per heavy atom. The van der Waals surface area contributed by atoms with E-state index in [-0.39, 0.29) is 11.5 Å². The van der Waals surface area contributed by atoms with Crippen molar-refractivity contribution in [2.24, 2.45) is 0 Å². The molecule has 4 rings (SSSR count). The van der Waals surface area contributed by atoms with E-state index in [0.29, 0.717) is 11.3 Å². The number of carbonyl (C=O) groups is 1. The Labute approximate surface area is 160 Å². The number of nitrogens with one attached hydrogen (secondary N) is 1. The molecule has 134 valence electrons. The first-order valence-corrected chi connectivity index (χ1v) is 9.43. The van der Waals surface area contributed by atoms with E-state index in [4.69, 9.17) is 4.74 Å². The minimum atomic E-state index is 0.0279. The van der Waals surface area contributed by atoms with Crippen molar-refractivity contribution in [3.8, 4) is 17.1 Å². The van der Waals surface area contributed by atoms with Crippen LogP contribution in [0.5, 0.6) is 5.75 Å². The number of ketones is 1. The number of ether oxygens (including phenoxy) is 1. The summed E-state index contributed by atoms with van der Waals surface area (Å²) in [5.74, 6) is 1.74. The van der Waals surface area contributed by atoms with Gasteiger partial charge < -0.3 is 9.72 Å². The van der Waals surface area contributed by atoms with E-state index in [0.717, 1.165) is 27.4 Å². The molecule has 0 atom stereocenters. The van der Waals surface area contributed by atoms with E-state index >= 15 is 0 Å². The van der Waals surface area contributed by atoms with Crippen molar-refractivity contribution in [3.63, 3.8) is 0 Å². The van der Waals surface area contributed by atoms with E-state index in [1.54, 1.807) is 25.4 Å². The Bertz CT molecular complexity index is 1070. The highest BCUT2D eigenvalue weighted by atomic mass is 32.2. The lowest BCUT2D eigenvalue weighted by Crippen LogP contribution is -2.03. The van der Waals surface area contributed by atoms with Crippen molar-refractivity contribution in [1.29, 1.82) is 0 Å². The van der Waals surface area contributed by atoms with E-state index in [1.165, 1.54) is 11.8 Å². The summed E-state index contributed by atoms with van der Waals surface area (Å²) in [4.78, 5) is 25.0. The molecule has 1 N–H and O–H groups in total. The lowest BCUT2D eigenvalue weighted by molar-refractivity contribution is 0.102. The van der Waals surface area contributed by atoms with Gasteiger partial charge in [-0.3, -0.25) is 4.79 Å². The second-order valence-corrected chi connectivity index (χ2v) is 6.87. The average Bonchev–Trinajstić information content (AvgIpc) is 3.16. The molecule has 0 amide bonds. The van der Waals surface area contributed by atoms with Crippen LogP contribution in [-0.4, -0.2) is 33.6 Å². The predicted molar refractivity (Wildman–Crippen MR) is 107 cm³/mol. The van der Waals surface area contributed by atoms with Crippen LogP contribution in [0.3, 0.4) is 0 Å². The Hall–Kier alpha value is -3.12. The summed E-state index contributed by atoms with van der Waals surface area (Å²) < 4.78 is 5.19. The van der Waals surface area contributed by atoms with Crippen molar-refractivity contribution in [2.45, 2.75) is 5.03 Å². The highest BCUT2D eigenvalue weighted by molar-refractivity contribution is 8.00. The van der Waals surface area contributed by atoms with E-state index in [2.05, 4.69) is 15.0 Å². The molecule has 0 radical (unpaired) electrons. The van der Waals surface area contributed by atoms with E-state index in [9.17, 15) is 4.79 Å². The molecule has 0 spiro atoms. The normalized spacial score (nSPS) is 10.9. The van der Waals surface area contributed by atoms with Gasteiger partial charge in [0.15, 0.2) is 5.78 Å². The number of Topliss-reactive ketones (excluding diaryl/α,β-unsaturated/α-hetero) is 1. The second kappa shape index (κ2) is 7.63. The number of carbonyl (C=O) groups excluding carboxylic acids is 1. The summed E-state index contributed by atoms with van der Waals surface area (Å²) in [7, 11) is 1.59. The van der Waals surface area contributed by atoms with Gasteiger partial charge in [-0.15, -0.1) is 0 Å². The smallest absolute Gasteiger partial charge is 0.173 e. The molecule has 0 unspecified atom stereocenters. The fourth-order valence-electron chi connectivity index (χ4n) is 2.78. The molecule has 0 aliphatic carbocycles. The number of hydrogen-bond acceptors (Lipinski definition) is 5. The molecular formula is C21H17N3O2S. The van der Waals surface area contributed by atoms with Crippen LogP contribution in [0.25, 0.3) is 22.4 Å². The SMILES string of the molecule is COc1cccc(C(=O)CSc2ncccc2-c2nc3ccccc3[nH]2)c1. The van der Waals surface area contributed by atoms with Crippen molar-refractivity contribution in [1.82, 2.24) is 15.0 Å². The third-order valence-electron chi connectivity index (χ3n) is 4.15. The quantitative estimate of drug-likeness (QED) is 0.394. The molecule has 0 saturated carbocycles. The van der Waals surface area contributed by atoms with Crippen LogP contribution in [0, 0.1) is 0 Å². The molecule has 6 heteroatoms. The number of pyridine rings is 1. The molecule has 0 bridgehead atoms. The number of para-hydroxylation sites is 2. The zero-order chi connectivity index (χ0) is 18.6. The minimum Gasteiger partial charge on any atom is -0.497 e. The number of fused-ring (bicyclic) bond motifs is 1. The largest absolute Gasteiger partial charge is 0.497 e. The monoisotopic (exact) mass is 375 g/mol. The van der Waals surface area contributed by atoms with Gasteiger partial charge >= 0.3 is 0 Å². The van der Waals surface area contributed by atoms with Crippen LogP contribution in [0.2, 0.25) is 0 Å². The highest BCUT2D eigenvalue weighted by Gasteiger charge is 2.14. The van der Waals surface area contributed by atoms with Gasteiger partial charge in [0.05, 0.1) is 23.9 Å². The van der Waals surface area contributed by atoms with Crippen molar-refractivity contribution in [2.75, 3.05) is 12.9 Å². The third-order valence-corrected chi connectivity index (χ3v) is 5.15. The fraction of sp³-hybridized carbons (Fsp3) is 0.0952. The molecule has 0 fully saturated rings. The standard InChI is InChI=1S/C21H17N3O2S/c1-26-15-7-4-6-14(12-15)19(25)13-27-21-16(8-5-11-22-21)20-23-17-9-2-3-10-18(17)24-20/h2-12H,13H2,1H3,(H,23,24). The molecule has 5 nitrogen and oxygen atoms in total. The van der Waals surface area contributed by atoms with Crippen LogP contribution in [0.4, 0.5) is 0 Å². The number of nitrogens with zero attached hydrogens (tertiary/aromatic N) is 2. The van der Waals surface area contributed by atoms with Crippen LogP contribution in [0.15, 0.2) is 71.9 Å². The summed E-state index contributed by atoms with van der Waals surface area (Å²) >= 11 is 1.41. The van der Waals surface area contributed by atoms with Crippen LogP contribution < -0.4 is 4.74 Å². The van der Waals surface area contributed by atoms with Gasteiger partial charge in [0.1, 0.15) is 16.6 Å². The number of aromatic amines is 1. The van der Waals surface area contributed by atoms with Gasteiger partial charge in [-0.25, -0.2) is 9.97 Å². The first-order chi connectivity index (χ1) is 13.2. The molecular weight excluding hydrogens is 358 g/mol. The van der Waals surface area contributed by atoms with Crippen LogP contribution >= 0.6 is 11.8 Å². The number of methoxy groups -OCH3 is 1. The summed E-state index contributed by atoms with van der Waals surface area (Å²) in [6.07, 6.45) is 1.73. The topological polar surface area (TPSA) is 67.9 Å². The second-order valence-electron chi connectivity index (χ2n) is 5.90. The molecule has 0 saturated heterocycles. The number of rotatable bonds is 6. The maximum atomic E-state index is 12.5. The summed E-state index contributed by atoms with van der Waals surface area (Å²) in [6.45, 7) is 0. The van der Waals surface area contributed by atoms with Crippen LogP contribution in [0.1, 0.15) is 10.4 Å². The summed E-state index contributed by atoms with van der Waals surface area (Å²) in [5.41, 5.74) is 3.39. The van der Waals surface area contributed by atoms with Crippen molar-refractivity contribution >= 4 is 28.6 Å². The summed E-state index contributed by atoms with van der Waals surface area (Å²) in [6, 6.07) is 18.9. The number of aromatic nitrogens is 3. The number of H-pyrrole nitrogens is 1. The van der Waals surface area contributed by atoms with Crippen molar-refractivity contribution in [3.05, 3.63) is 72.4 Å². The first-order valence-electron chi connectivity index (χ1n) is 8.45. The Morgan fingerprint density at radius 1 is 1.11 bits per heavy atom. The van der Waals surface area contributed by atoms with E-state index in [1.807, 2.05) is 48.5 Å². The summed E-state index contributed by atoms with van der Waals surface area (Å²) in [5, 5.41) is 0.771. The third kappa shape index (κ3) is 3.71. The van der Waals surface area contributed by atoms with Gasteiger partial charge in [0.25, 0.3) is 0 Å². The zero-order valence-corrected chi connectivity index (χ0v) is 15.5. The number of imidazole rings is 1. The number of benzene rings is 2. The Kier molecular flexibility index (Phi) is 4.89. The van der Waals surface area contributed by atoms with Gasteiger partial charge in [0.2, 0.25) is 0 Å². The Balaban J connectivity index is 1.57. The molecule has 2 aromatic heterocycles. The predicted octanol–water partition coefficient (Wildman–Crippen LogP) is 4.61. The van der Waals surface area contributed by atoms with Gasteiger partial charge in [-0.1, -0.05) is 36.0 Å². The molecule has 27 heavy (non-hydrogen) atoms. The molecule has 2 heterocycles. The maximum Gasteiger partial charge on any atom is 0.173 e. The lowest BCUT2D eigenvalue weighted by atomic mass is 10.1. The minimum absolute atomic E-state index is 0.0279. The molecule has 4 aromatic rings. The average molecular weight is 375 g/mol. The van der Waals surface area contributed by atoms with Gasteiger partial charge in [-0.2, -0.15) is 0 Å². The van der Waals surface area contributed by atoms with Gasteiger partial charge in [-0.05, 0) is 36.4 Å². The molecule has 0 aliphatic rings. The number of hydrogen-bond donors (Lipinski definition) is 1. The first kappa shape index (κ1) is 17.3.